The molecule has 0 bridgehead atoms. The van der Waals surface area contributed by atoms with E-state index in [1.54, 1.807) is 30.3 Å². The fourth-order valence-corrected chi connectivity index (χ4v) is 1.16. The first-order chi connectivity index (χ1) is 8.84. The molecule has 7 heteroatoms. The highest BCUT2D eigenvalue weighted by molar-refractivity contribution is 6.04. The molecule has 0 spiro atoms. The van der Waals surface area contributed by atoms with Crippen molar-refractivity contribution in [1.82, 2.24) is 0 Å². The average Bonchev–Trinajstić information content (AvgIpc) is 2.37. The van der Waals surface area contributed by atoms with E-state index in [1.165, 1.54) is 0 Å². The van der Waals surface area contributed by atoms with Gasteiger partial charge in [-0.05, 0) is 18.2 Å². The van der Waals surface area contributed by atoms with E-state index in [0.29, 0.717) is 11.8 Å². The molecule has 0 saturated carbocycles. The lowest BCUT2D eigenvalue weighted by Crippen LogP contribution is -2.23. The van der Waals surface area contributed by atoms with Gasteiger partial charge < -0.3 is 10.1 Å². The van der Waals surface area contributed by atoms with E-state index in [2.05, 4.69) is 10.1 Å². The first kappa shape index (κ1) is 14.7. The van der Waals surface area contributed by atoms with Crippen LogP contribution < -0.4 is 5.32 Å². The summed E-state index contributed by atoms with van der Waals surface area (Å²) in [6, 6.07) is 8.13. The van der Waals surface area contributed by atoms with Crippen molar-refractivity contribution >= 4 is 17.4 Å². The van der Waals surface area contributed by atoms with Crippen molar-refractivity contribution in [3.8, 4) is 0 Å². The SMILES string of the molecule is COC(=O)/C(=C/C(=N)C(F)(F)F)Nc1ccccc1. The van der Waals surface area contributed by atoms with Crippen LogP contribution in [-0.2, 0) is 9.53 Å². The van der Waals surface area contributed by atoms with Crippen molar-refractivity contribution in [3.05, 3.63) is 42.1 Å². The maximum absolute atomic E-state index is 12.3. The summed E-state index contributed by atoms with van der Waals surface area (Å²) in [5.41, 5.74) is -1.69. The van der Waals surface area contributed by atoms with Crippen molar-refractivity contribution < 1.29 is 22.7 Å². The number of carbonyl (C=O) groups excluding carboxylic acids is 1. The third-order valence-electron chi connectivity index (χ3n) is 2.05. The number of carbonyl (C=O) groups is 1. The smallest absolute Gasteiger partial charge is 0.432 e. The molecule has 1 aromatic rings. The first-order valence-electron chi connectivity index (χ1n) is 5.12. The Kier molecular flexibility index (Phi) is 4.68. The summed E-state index contributed by atoms with van der Waals surface area (Å²) in [6.45, 7) is 0. The second-order valence-corrected chi connectivity index (χ2v) is 3.45. The highest BCUT2D eigenvalue weighted by Crippen LogP contribution is 2.19. The first-order valence-corrected chi connectivity index (χ1v) is 5.12. The number of hydrogen-bond donors (Lipinski definition) is 2. The van der Waals surface area contributed by atoms with E-state index < -0.39 is 23.6 Å². The van der Waals surface area contributed by atoms with Gasteiger partial charge in [-0.2, -0.15) is 13.2 Å². The summed E-state index contributed by atoms with van der Waals surface area (Å²) in [6.07, 6.45) is -4.43. The zero-order chi connectivity index (χ0) is 14.5. The second kappa shape index (κ2) is 6.03. The molecule has 0 unspecified atom stereocenters. The molecule has 0 aromatic heterocycles. The molecule has 0 heterocycles. The molecule has 1 rings (SSSR count). The molecule has 0 aliphatic heterocycles. The molecule has 102 valence electrons. The van der Waals surface area contributed by atoms with Crippen LogP contribution in [0.5, 0.6) is 0 Å². The zero-order valence-corrected chi connectivity index (χ0v) is 9.91. The lowest BCUT2D eigenvalue weighted by atomic mass is 10.2. The minimum Gasteiger partial charge on any atom is -0.464 e. The Balaban J connectivity index is 3.00. The van der Waals surface area contributed by atoms with Crippen LogP contribution in [0, 0.1) is 5.41 Å². The number of esters is 1. The summed E-state index contributed by atoms with van der Waals surface area (Å²) in [7, 11) is 1.04. The highest BCUT2D eigenvalue weighted by atomic mass is 19.4. The number of alkyl halides is 3. The normalized spacial score (nSPS) is 11.9. The third-order valence-corrected chi connectivity index (χ3v) is 2.05. The maximum Gasteiger partial charge on any atom is 0.432 e. The van der Waals surface area contributed by atoms with Crippen molar-refractivity contribution in [1.29, 1.82) is 5.41 Å². The van der Waals surface area contributed by atoms with Crippen LogP contribution in [0.3, 0.4) is 0 Å². The van der Waals surface area contributed by atoms with Gasteiger partial charge in [0.25, 0.3) is 0 Å². The fourth-order valence-electron chi connectivity index (χ4n) is 1.16. The number of allylic oxidation sites excluding steroid dienone is 1. The number of hydrogen-bond acceptors (Lipinski definition) is 4. The third kappa shape index (κ3) is 4.46. The standard InChI is InChI=1S/C12H11F3N2O2/c1-19-11(18)9(7-10(16)12(13,14)15)17-8-5-3-2-4-6-8/h2-7,16-17H,1H3/b9-7-,16-10?. The largest absolute Gasteiger partial charge is 0.464 e. The Morgan fingerprint density at radius 2 is 1.89 bits per heavy atom. The molecule has 1 aromatic carbocycles. The van der Waals surface area contributed by atoms with Crippen molar-refractivity contribution in [2.24, 2.45) is 0 Å². The molecule has 0 saturated heterocycles. The maximum atomic E-state index is 12.3. The van der Waals surface area contributed by atoms with Crippen molar-refractivity contribution in [3.63, 3.8) is 0 Å². The number of para-hydroxylation sites is 1. The molecular formula is C12H11F3N2O2. The molecule has 0 aliphatic carbocycles. The summed E-state index contributed by atoms with van der Waals surface area (Å²) in [5, 5.41) is 9.33. The van der Waals surface area contributed by atoms with Gasteiger partial charge in [-0.15, -0.1) is 0 Å². The van der Waals surface area contributed by atoms with Crippen LogP contribution in [0.25, 0.3) is 0 Å². The van der Waals surface area contributed by atoms with Gasteiger partial charge in [-0.25, -0.2) is 4.79 Å². The Hall–Kier alpha value is -2.31. The summed E-state index contributed by atoms with van der Waals surface area (Å²) in [5.74, 6) is -0.988. The van der Waals surface area contributed by atoms with E-state index in [4.69, 9.17) is 5.41 Å². The Labute approximate surface area is 107 Å². The highest BCUT2D eigenvalue weighted by Gasteiger charge is 2.33. The van der Waals surface area contributed by atoms with Crippen LogP contribution in [0.15, 0.2) is 42.1 Å². The second-order valence-electron chi connectivity index (χ2n) is 3.45. The topological polar surface area (TPSA) is 62.2 Å². The Bertz CT molecular complexity index is 495. The molecular weight excluding hydrogens is 261 g/mol. The van der Waals surface area contributed by atoms with Gasteiger partial charge in [0.1, 0.15) is 11.4 Å². The van der Waals surface area contributed by atoms with Crippen LogP contribution in [0.2, 0.25) is 0 Å². The van der Waals surface area contributed by atoms with Crippen LogP contribution in [-0.4, -0.2) is 25.0 Å². The average molecular weight is 272 g/mol. The predicted molar refractivity (Wildman–Crippen MR) is 63.9 cm³/mol. The molecule has 4 nitrogen and oxygen atoms in total. The van der Waals surface area contributed by atoms with E-state index in [1.807, 2.05) is 0 Å². The quantitative estimate of drug-likeness (QED) is 0.503. The summed E-state index contributed by atoms with van der Waals surface area (Å²) in [4.78, 5) is 11.4. The van der Waals surface area contributed by atoms with Gasteiger partial charge in [0, 0.05) is 5.69 Å². The number of halogens is 3. The van der Waals surface area contributed by atoms with E-state index in [9.17, 15) is 18.0 Å². The molecule has 0 radical (unpaired) electrons. The summed E-state index contributed by atoms with van der Waals surface area (Å²) >= 11 is 0. The van der Waals surface area contributed by atoms with Gasteiger partial charge in [0.2, 0.25) is 0 Å². The van der Waals surface area contributed by atoms with Gasteiger partial charge in [-0.3, -0.25) is 5.41 Å². The van der Waals surface area contributed by atoms with E-state index >= 15 is 0 Å². The van der Waals surface area contributed by atoms with Gasteiger partial charge in [0.15, 0.2) is 0 Å². The molecule has 0 fully saturated rings. The van der Waals surface area contributed by atoms with E-state index in [0.717, 1.165) is 7.11 Å². The number of ether oxygens (including phenoxy) is 1. The van der Waals surface area contributed by atoms with Gasteiger partial charge in [-0.1, -0.05) is 18.2 Å². The van der Waals surface area contributed by atoms with Crippen molar-refractivity contribution in [2.45, 2.75) is 6.18 Å². The van der Waals surface area contributed by atoms with Gasteiger partial charge >= 0.3 is 12.1 Å². The number of anilines is 1. The number of methoxy groups -OCH3 is 1. The van der Waals surface area contributed by atoms with Crippen LogP contribution in [0.1, 0.15) is 0 Å². The monoisotopic (exact) mass is 272 g/mol. The predicted octanol–water partition coefficient (Wildman–Crippen LogP) is 2.74. The molecule has 0 aliphatic rings. The van der Waals surface area contributed by atoms with Gasteiger partial charge in [0.05, 0.1) is 7.11 Å². The minimum atomic E-state index is -4.82. The van der Waals surface area contributed by atoms with Crippen LogP contribution in [0.4, 0.5) is 18.9 Å². The lowest BCUT2D eigenvalue weighted by molar-refractivity contribution is -0.135. The number of rotatable bonds is 4. The molecule has 0 atom stereocenters. The molecule has 0 amide bonds. The molecule has 2 N–H and O–H groups in total. The van der Waals surface area contributed by atoms with E-state index in [-0.39, 0.29) is 0 Å². The van der Waals surface area contributed by atoms with Crippen LogP contribution >= 0.6 is 0 Å². The van der Waals surface area contributed by atoms with Crippen molar-refractivity contribution in [2.75, 3.05) is 12.4 Å². The lowest BCUT2D eigenvalue weighted by Gasteiger charge is -2.10. The zero-order valence-electron chi connectivity index (χ0n) is 9.91. The fraction of sp³-hybridized carbons (Fsp3) is 0.167. The summed E-state index contributed by atoms with van der Waals surface area (Å²) < 4.78 is 41.2. The Morgan fingerprint density at radius 1 is 1.32 bits per heavy atom. The number of nitrogens with one attached hydrogen (secondary N) is 2. The Morgan fingerprint density at radius 3 is 2.37 bits per heavy atom. The molecule has 19 heavy (non-hydrogen) atoms. The number of benzene rings is 1. The minimum absolute atomic E-state index is 0.388.